The lowest BCUT2D eigenvalue weighted by Gasteiger charge is -2.30. The molecule has 1 aromatic carbocycles. The highest BCUT2D eigenvalue weighted by Gasteiger charge is 2.32. The van der Waals surface area contributed by atoms with Crippen molar-refractivity contribution in [3.05, 3.63) is 21.1 Å². The van der Waals surface area contributed by atoms with Crippen LogP contribution in [0.25, 0.3) is 0 Å². The first-order valence-electron chi connectivity index (χ1n) is 5.68. The van der Waals surface area contributed by atoms with E-state index in [1.165, 1.54) is 4.31 Å². The summed E-state index contributed by atoms with van der Waals surface area (Å²) in [6, 6.07) is 3.26. The normalized spacial score (nSPS) is 21.5. The number of hydrogen-bond donors (Lipinski definition) is 1. The summed E-state index contributed by atoms with van der Waals surface area (Å²) in [6.07, 6.45) is -0.112. The summed E-state index contributed by atoms with van der Waals surface area (Å²) in [6.45, 7) is 2.93. The number of rotatable bonds is 2. The van der Waals surface area contributed by atoms with Crippen LogP contribution in [0.15, 0.2) is 26.0 Å². The van der Waals surface area contributed by atoms with Crippen molar-refractivity contribution in [1.29, 1.82) is 0 Å². The zero-order chi connectivity index (χ0) is 14.2. The molecule has 5 nitrogen and oxygen atoms in total. The van der Waals surface area contributed by atoms with Gasteiger partial charge in [-0.25, -0.2) is 8.42 Å². The molecule has 2 rings (SSSR count). The summed E-state index contributed by atoms with van der Waals surface area (Å²) < 4.78 is 33.2. The number of benzene rings is 1. The van der Waals surface area contributed by atoms with E-state index in [1.807, 2.05) is 6.92 Å². The van der Waals surface area contributed by atoms with Gasteiger partial charge < -0.3 is 10.5 Å². The van der Waals surface area contributed by atoms with Crippen LogP contribution in [-0.4, -0.2) is 38.5 Å². The predicted molar refractivity (Wildman–Crippen MR) is 80.4 cm³/mol. The molecule has 1 unspecified atom stereocenters. The van der Waals surface area contributed by atoms with Crippen LogP contribution in [0.3, 0.4) is 0 Å². The predicted octanol–water partition coefficient (Wildman–Crippen LogP) is 2.20. The molecular formula is C11H14Br2N2O3S. The number of ether oxygens (including phenoxy) is 1. The van der Waals surface area contributed by atoms with E-state index in [4.69, 9.17) is 10.5 Å². The summed E-state index contributed by atoms with van der Waals surface area (Å²) >= 11 is 6.55. The van der Waals surface area contributed by atoms with Crippen molar-refractivity contribution in [2.75, 3.05) is 25.4 Å². The van der Waals surface area contributed by atoms with Crippen LogP contribution in [0.1, 0.15) is 6.92 Å². The fourth-order valence-corrected chi connectivity index (χ4v) is 5.50. The van der Waals surface area contributed by atoms with Gasteiger partial charge in [0.1, 0.15) is 4.90 Å². The molecule has 8 heteroatoms. The molecule has 0 bridgehead atoms. The second-order valence-corrected chi connectivity index (χ2v) is 8.00. The monoisotopic (exact) mass is 412 g/mol. The van der Waals surface area contributed by atoms with Gasteiger partial charge in [0.05, 0.1) is 18.4 Å². The number of nitrogens with two attached hydrogens (primary N) is 1. The highest BCUT2D eigenvalue weighted by atomic mass is 79.9. The van der Waals surface area contributed by atoms with Gasteiger partial charge in [-0.05, 0) is 35.0 Å². The van der Waals surface area contributed by atoms with Crippen molar-refractivity contribution >= 4 is 47.6 Å². The van der Waals surface area contributed by atoms with E-state index in [0.29, 0.717) is 24.2 Å². The molecule has 1 aliphatic rings. The average Bonchev–Trinajstić information content (AvgIpc) is 2.26. The molecule has 1 atom stereocenters. The molecule has 0 amide bonds. The van der Waals surface area contributed by atoms with Crippen LogP contribution in [0, 0.1) is 0 Å². The van der Waals surface area contributed by atoms with Gasteiger partial charge in [0.15, 0.2) is 0 Å². The Hall–Kier alpha value is -0.150. The Bertz CT molecular complexity index is 569. The van der Waals surface area contributed by atoms with Gasteiger partial charge in [-0.3, -0.25) is 0 Å². The molecule has 1 aromatic rings. The van der Waals surface area contributed by atoms with Gasteiger partial charge in [0.2, 0.25) is 10.0 Å². The van der Waals surface area contributed by atoms with Gasteiger partial charge >= 0.3 is 0 Å². The number of nitrogen functional groups attached to an aromatic ring is 1. The van der Waals surface area contributed by atoms with E-state index >= 15 is 0 Å². The third-order valence-electron chi connectivity index (χ3n) is 2.84. The summed E-state index contributed by atoms with van der Waals surface area (Å²) in [4.78, 5) is 0.116. The molecule has 0 aromatic heterocycles. The number of sulfonamides is 1. The Kier molecular flexibility index (Phi) is 4.56. The Morgan fingerprint density at radius 1 is 1.42 bits per heavy atom. The van der Waals surface area contributed by atoms with Gasteiger partial charge in [-0.2, -0.15) is 4.31 Å². The minimum atomic E-state index is -3.61. The Labute approximate surface area is 129 Å². The zero-order valence-electron chi connectivity index (χ0n) is 10.3. The number of morpholine rings is 1. The van der Waals surface area contributed by atoms with Crippen LogP contribution in [-0.2, 0) is 14.8 Å². The Morgan fingerprint density at radius 3 is 2.68 bits per heavy atom. The zero-order valence-corrected chi connectivity index (χ0v) is 14.3. The number of halogens is 2. The van der Waals surface area contributed by atoms with Crippen LogP contribution < -0.4 is 5.73 Å². The fraction of sp³-hybridized carbons (Fsp3) is 0.455. The van der Waals surface area contributed by atoms with Crippen LogP contribution in [0.2, 0.25) is 0 Å². The maximum Gasteiger partial charge on any atom is 0.246 e. The van der Waals surface area contributed by atoms with Crippen molar-refractivity contribution < 1.29 is 13.2 Å². The molecule has 0 spiro atoms. The van der Waals surface area contributed by atoms with Gasteiger partial charge in [0.25, 0.3) is 0 Å². The fourth-order valence-electron chi connectivity index (χ4n) is 1.99. The lowest BCUT2D eigenvalue weighted by atomic mass is 10.3. The second-order valence-electron chi connectivity index (χ2n) is 4.35. The summed E-state index contributed by atoms with van der Waals surface area (Å²) in [7, 11) is -3.61. The second kappa shape index (κ2) is 5.69. The topological polar surface area (TPSA) is 72.6 Å². The quantitative estimate of drug-likeness (QED) is 0.754. The molecule has 1 heterocycles. The minimum absolute atomic E-state index is 0.112. The largest absolute Gasteiger partial charge is 0.398 e. The maximum atomic E-state index is 12.6. The van der Waals surface area contributed by atoms with Crippen molar-refractivity contribution in [3.8, 4) is 0 Å². The average molecular weight is 414 g/mol. The molecule has 0 aliphatic carbocycles. The molecule has 2 N–H and O–H groups in total. The number of hydrogen-bond acceptors (Lipinski definition) is 4. The van der Waals surface area contributed by atoms with E-state index in [9.17, 15) is 8.42 Å². The van der Waals surface area contributed by atoms with Crippen molar-refractivity contribution in [2.24, 2.45) is 0 Å². The first-order chi connectivity index (χ1) is 8.82. The molecule has 0 radical (unpaired) electrons. The van der Waals surface area contributed by atoms with Crippen LogP contribution >= 0.6 is 31.9 Å². The van der Waals surface area contributed by atoms with Crippen molar-refractivity contribution in [3.63, 3.8) is 0 Å². The smallest absolute Gasteiger partial charge is 0.246 e. The summed E-state index contributed by atoms with van der Waals surface area (Å²) in [5, 5.41) is 0. The number of anilines is 1. The highest BCUT2D eigenvalue weighted by Crippen LogP contribution is 2.34. The lowest BCUT2D eigenvalue weighted by molar-refractivity contribution is 0.0102. The first-order valence-corrected chi connectivity index (χ1v) is 8.71. The van der Waals surface area contributed by atoms with E-state index < -0.39 is 10.0 Å². The third kappa shape index (κ3) is 3.13. The standard InChI is InChI=1S/C11H14Br2N2O3S/c1-7-6-15(2-3-18-7)19(16,17)11-9(13)4-8(12)5-10(11)14/h4-5,7H,2-3,6,14H2,1H3. The molecular weight excluding hydrogens is 400 g/mol. The molecule has 19 heavy (non-hydrogen) atoms. The van der Waals surface area contributed by atoms with Crippen LogP contribution in [0.5, 0.6) is 0 Å². The SMILES string of the molecule is CC1CN(S(=O)(=O)c2c(N)cc(Br)cc2Br)CCO1. The highest BCUT2D eigenvalue weighted by molar-refractivity contribution is 9.11. The molecule has 1 fully saturated rings. The van der Waals surface area contributed by atoms with E-state index in [-0.39, 0.29) is 16.7 Å². The van der Waals surface area contributed by atoms with Gasteiger partial charge in [0, 0.05) is 22.0 Å². The lowest BCUT2D eigenvalue weighted by Crippen LogP contribution is -2.44. The third-order valence-corrected chi connectivity index (χ3v) is 6.17. The minimum Gasteiger partial charge on any atom is -0.398 e. The molecule has 106 valence electrons. The number of nitrogens with zero attached hydrogens (tertiary/aromatic N) is 1. The Morgan fingerprint density at radius 2 is 2.11 bits per heavy atom. The Balaban J connectivity index is 2.45. The van der Waals surface area contributed by atoms with E-state index in [2.05, 4.69) is 31.9 Å². The van der Waals surface area contributed by atoms with E-state index in [1.54, 1.807) is 12.1 Å². The summed E-state index contributed by atoms with van der Waals surface area (Å²) in [5.41, 5.74) is 6.08. The van der Waals surface area contributed by atoms with Crippen LogP contribution in [0.4, 0.5) is 5.69 Å². The molecule has 0 saturated carbocycles. The molecule has 1 saturated heterocycles. The first kappa shape index (κ1) is 15.2. The van der Waals surface area contributed by atoms with E-state index in [0.717, 1.165) is 4.47 Å². The van der Waals surface area contributed by atoms with Gasteiger partial charge in [-0.15, -0.1) is 0 Å². The molecule has 1 aliphatic heterocycles. The van der Waals surface area contributed by atoms with Crippen molar-refractivity contribution in [1.82, 2.24) is 4.31 Å². The maximum absolute atomic E-state index is 12.6. The summed E-state index contributed by atoms with van der Waals surface area (Å²) in [5.74, 6) is 0. The van der Waals surface area contributed by atoms with Gasteiger partial charge in [-0.1, -0.05) is 15.9 Å². The van der Waals surface area contributed by atoms with Crippen molar-refractivity contribution in [2.45, 2.75) is 17.9 Å².